The zero-order chi connectivity index (χ0) is 48.1. The van der Waals surface area contributed by atoms with Crippen LogP contribution in [0.1, 0.15) is 76.7 Å². The maximum atomic E-state index is 12.3. The van der Waals surface area contributed by atoms with Crippen LogP contribution in [0.25, 0.3) is 17.4 Å². The molecule has 1 unspecified atom stereocenters. The lowest BCUT2D eigenvalue weighted by Crippen LogP contribution is -2.35. The smallest absolute Gasteiger partial charge is 0.303 e. The fraction of sp³-hybridized carbons (Fsp3) is 0.545. The minimum atomic E-state index is -4.62. The van der Waals surface area contributed by atoms with E-state index in [4.69, 9.17) is 23.4 Å². The number of ether oxygens (including phenoxy) is 4. The zero-order valence-corrected chi connectivity index (χ0v) is 40.1. The van der Waals surface area contributed by atoms with Crippen molar-refractivity contribution in [1.82, 2.24) is 4.58 Å². The standard InChI is InChI=1S/C44H62N2O16S3/c1-43(2,3)37-31-34(62-40-30-33(13-15-36(37)40)45(18-8-28-63(49,50)51)20-21-59-24-25-61-27-26-60-23-22-58-5)10-6-11-41-44(4,17-7-12-42(47)48)38-32-35(65(55,56)57)14-16-39(38)46(41)19-9-29-64(52,53)54/h6,10-11,13-16,30-32H,7-9,12,17-29H2,1-5H3,(H3-,47,48,49,50,51,52,53,54,55,56,57)/p+1. The molecule has 0 radical (unpaired) electrons. The topological polar surface area (TPSA) is 257 Å². The molecule has 0 bridgehead atoms. The molecule has 1 atom stereocenters. The number of anilines is 1. The van der Waals surface area contributed by atoms with Gasteiger partial charge in [0.25, 0.3) is 30.4 Å². The van der Waals surface area contributed by atoms with Gasteiger partial charge in [0.1, 0.15) is 24.7 Å². The zero-order valence-electron chi connectivity index (χ0n) is 37.6. The highest BCUT2D eigenvalue weighted by molar-refractivity contribution is 7.86. The summed E-state index contributed by atoms with van der Waals surface area (Å²) in [5.41, 5.74) is 2.05. The largest absolute Gasteiger partial charge is 0.481 e. The van der Waals surface area contributed by atoms with Crippen LogP contribution in [-0.4, -0.2) is 134 Å². The SMILES string of the molecule is COCCOCCOCCOCC[N+](CCCS(=O)(=O)O)=c1ccc2c(C(C)(C)C)cc(/C=C/C=C3/N(CCCS(=O)(=O)O)c4ccc(S(=O)(=O)O)cc4C3(C)CCCC(=O)O)oc-2c1. The van der Waals surface area contributed by atoms with Gasteiger partial charge in [0.2, 0.25) is 5.36 Å². The molecule has 3 aliphatic rings. The van der Waals surface area contributed by atoms with Crippen molar-refractivity contribution in [2.45, 2.75) is 75.5 Å². The van der Waals surface area contributed by atoms with E-state index < -0.39 is 53.2 Å². The highest BCUT2D eigenvalue weighted by Crippen LogP contribution is 2.51. The second kappa shape index (κ2) is 23.6. The summed E-state index contributed by atoms with van der Waals surface area (Å²) in [5, 5.41) is 10.2. The quantitative estimate of drug-likeness (QED) is 0.0451. The van der Waals surface area contributed by atoms with Gasteiger partial charge in [0.15, 0.2) is 6.54 Å². The molecule has 362 valence electrons. The van der Waals surface area contributed by atoms with Crippen LogP contribution in [0.2, 0.25) is 0 Å². The Hall–Kier alpha value is -4.03. The molecule has 0 amide bonds. The highest BCUT2D eigenvalue weighted by Gasteiger charge is 2.43. The molecular weight excluding hydrogens is 909 g/mol. The average molecular weight is 972 g/mol. The van der Waals surface area contributed by atoms with Crippen molar-refractivity contribution in [3.63, 3.8) is 0 Å². The molecule has 1 aliphatic carbocycles. The Morgan fingerprint density at radius 2 is 1.45 bits per heavy atom. The minimum Gasteiger partial charge on any atom is -0.481 e. The van der Waals surface area contributed by atoms with E-state index in [0.717, 1.165) is 16.5 Å². The maximum Gasteiger partial charge on any atom is 0.303 e. The summed E-state index contributed by atoms with van der Waals surface area (Å²) in [5.74, 6) is -1.00. The second-order valence-corrected chi connectivity index (χ2v) is 21.5. The first-order valence-corrected chi connectivity index (χ1v) is 25.9. The fourth-order valence-corrected chi connectivity index (χ4v) is 9.18. The lowest BCUT2D eigenvalue weighted by atomic mass is 9.77. The molecule has 18 nitrogen and oxygen atoms in total. The molecule has 0 aromatic heterocycles. The third kappa shape index (κ3) is 16.7. The number of hydrogen-bond acceptors (Lipinski definition) is 13. The summed E-state index contributed by atoms with van der Waals surface area (Å²) in [6.07, 6.45) is 5.67. The number of hydrogen-bond donors (Lipinski definition) is 4. The molecule has 2 aliphatic heterocycles. The Labute approximate surface area is 382 Å². The van der Waals surface area contributed by atoms with Crippen LogP contribution in [0.3, 0.4) is 0 Å². The van der Waals surface area contributed by atoms with Gasteiger partial charge in [0.05, 0.1) is 62.1 Å². The monoisotopic (exact) mass is 971 g/mol. The Morgan fingerprint density at radius 3 is 2.05 bits per heavy atom. The van der Waals surface area contributed by atoms with Gasteiger partial charge in [-0.25, -0.2) is 4.58 Å². The molecule has 1 aromatic rings. The maximum absolute atomic E-state index is 12.3. The van der Waals surface area contributed by atoms with Crippen molar-refractivity contribution in [3.8, 4) is 11.3 Å². The van der Waals surface area contributed by atoms with Crippen LogP contribution in [0.5, 0.6) is 0 Å². The molecule has 4 N–H and O–H groups in total. The minimum absolute atomic E-state index is 0.00109. The van der Waals surface area contributed by atoms with E-state index in [0.29, 0.717) is 81.3 Å². The summed E-state index contributed by atoms with van der Waals surface area (Å²) in [6.45, 7) is 11.5. The van der Waals surface area contributed by atoms with Crippen molar-refractivity contribution >= 4 is 48.1 Å². The number of nitrogens with zero attached hydrogens (tertiary/aromatic N) is 2. The summed E-state index contributed by atoms with van der Waals surface area (Å²) in [7, 11) is -11.5. The van der Waals surface area contributed by atoms with Crippen molar-refractivity contribution < 1.29 is 72.2 Å². The number of carboxylic acids is 1. The lowest BCUT2D eigenvalue weighted by molar-refractivity contribution is -0.137. The molecule has 21 heteroatoms. The van der Waals surface area contributed by atoms with E-state index in [2.05, 4.69) is 20.8 Å². The van der Waals surface area contributed by atoms with E-state index in [1.54, 1.807) is 30.2 Å². The van der Waals surface area contributed by atoms with Crippen molar-refractivity contribution in [2.24, 2.45) is 0 Å². The Kier molecular flexibility index (Phi) is 19.5. The number of benzene rings is 2. The molecular formula is C44H63N2O16S3+. The van der Waals surface area contributed by atoms with E-state index >= 15 is 0 Å². The van der Waals surface area contributed by atoms with E-state index in [1.165, 1.54) is 18.2 Å². The van der Waals surface area contributed by atoms with Gasteiger partial charge >= 0.3 is 5.97 Å². The van der Waals surface area contributed by atoms with Crippen molar-refractivity contribution in [2.75, 3.05) is 89.4 Å². The van der Waals surface area contributed by atoms with Gasteiger partial charge < -0.3 is 33.4 Å². The van der Waals surface area contributed by atoms with Gasteiger partial charge in [-0.15, -0.1) is 0 Å². The summed E-state index contributed by atoms with van der Waals surface area (Å²) >= 11 is 0. The third-order valence-corrected chi connectivity index (χ3v) is 13.3. The van der Waals surface area contributed by atoms with E-state index in [1.807, 2.05) is 35.8 Å². The van der Waals surface area contributed by atoms with Crippen LogP contribution in [0.15, 0.2) is 69.6 Å². The first-order chi connectivity index (χ1) is 30.4. The number of carboxylic acid groups (broad SMARTS) is 1. The van der Waals surface area contributed by atoms with Gasteiger partial charge in [-0.2, -0.15) is 25.3 Å². The highest BCUT2D eigenvalue weighted by atomic mass is 32.2. The van der Waals surface area contributed by atoms with Gasteiger partial charge in [-0.1, -0.05) is 26.8 Å². The second-order valence-electron chi connectivity index (χ2n) is 16.9. The molecule has 0 saturated heterocycles. The number of rotatable bonds is 27. The van der Waals surface area contributed by atoms with Crippen LogP contribution >= 0.6 is 0 Å². The van der Waals surface area contributed by atoms with Gasteiger partial charge in [-0.05, 0) is 85.2 Å². The Balaban J connectivity index is 1.75. The predicted molar refractivity (Wildman–Crippen MR) is 245 cm³/mol. The predicted octanol–water partition coefficient (Wildman–Crippen LogP) is 4.88. The van der Waals surface area contributed by atoms with Gasteiger partial charge in [0, 0.05) is 54.9 Å². The van der Waals surface area contributed by atoms with Crippen LogP contribution in [-0.2, 0) is 64.9 Å². The van der Waals surface area contributed by atoms with E-state index in [-0.39, 0.29) is 55.5 Å². The number of fused-ring (bicyclic) bond motifs is 2. The molecule has 0 saturated carbocycles. The number of carbonyl (C=O) groups is 1. The number of allylic oxidation sites excluding steroid dienone is 3. The number of methoxy groups -OCH3 is 1. The summed E-state index contributed by atoms with van der Waals surface area (Å²) in [6, 6.07) is 11.7. The van der Waals surface area contributed by atoms with Crippen molar-refractivity contribution in [3.05, 3.63) is 82.6 Å². The normalized spacial score (nSPS) is 17.1. The van der Waals surface area contributed by atoms with E-state index in [9.17, 15) is 48.8 Å². The van der Waals surface area contributed by atoms with Gasteiger partial charge in [-0.3, -0.25) is 18.5 Å². The Bertz CT molecular complexity index is 2530. The molecule has 2 heterocycles. The van der Waals surface area contributed by atoms with Crippen LogP contribution < -0.4 is 14.8 Å². The first-order valence-electron chi connectivity index (χ1n) is 21.2. The molecule has 0 spiro atoms. The van der Waals surface area contributed by atoms with Crippen LogP contribution in [0, 0.1) is 0 Å². The molecule has 0 fully saturated rings. The lowest BCUT2D eigenvalue weighted by Gasteiger charge is -2.30. The number of aliphatic carboxylic acids is 1. The molecule has 65 heavy (non-hydrogen) atoms. The third-order valence-electron chi connectivity index (χ3n) is 10.8. The summed E-state index contributed by atoms with van der Waals surface area (Å²) in [4.78, 5) is 13.0. The average Bonchev–Trinajstić information content (AvgIpc) is 3.42. The molecule has 1 aromatic carbocycles. The van der Waals surface area contributed by atoms with Crippen LogP contribution in [0.4, 0.5) is 5.69 Å². The Morgan fingerprint density at radius 1 is 0.815 bits per heavy atom. The first kappa shape index (κ1) is 53.6. The molecule has 4 rings (SSSR count). The summed E-state index contributed by atoms with van der Waals surface area (Å²) < 4.78 is 130. The fourth-order valence-electron chi connectivity index (χ4n) is 7.69. The van der Waals surface area contributed by atoms with Crippen molar-refractivity contribution in [1.29, 1.82) is 0 Å².